The molecule has 22 heavy (non-hydrogen) atoms. The third-order valence-electron chi connectivity index (χ3n) is 4.56. The van der Waals surface area contributed by atoms with Gasteiger partial charge in [0, 0.05) is 29.9 Å². The molecule has 0 bridgehead atoms. The average molecular weight is 329 g/mol. The molecule has 1 N–H and O–H groups in total. The van der Waals surface area contributed by atoms with E-state index in [9.17, 15) is 4.79 Å². The Bertz CT molecular complexity index is 383. The highest BCUT2D eigenvalue weighted by Crippen LogP contribution is 2.27. The van der Waals surface area contributed by atoms with Crippen molar-refractivity contribution >= 4 is 17.9 Å². The number of nitrogens with one attached hydrogen (secondary N) is 1. The van der Waals surface area contributed by atoms with Crippen molar-refractivity contribution in [2.45, 2.75) is 89.3 Å². The largest absolute Gasteiger partial charge is 0.444 e. The summed E-state index contributed by atoms with van der Waals surface area (Å²) in [5.41, 5.74) is -0.416. The van der Waals surface area contributed by atoms with Crippen molar-refractivity contribution < 1.29 is 9.53 Å². The molecule has 4 unspecified atom stereocenters. The molecule has 2 aliphatic heterocycles. The summed E-state index contributed by atoms with van der Waals surface area (Å²) in [6.45, 7) is 11.0. The van der Waals surface area contributed by atoms with Gasteiger partial charge in [-0.05, 0) is 59.1 Å². The number of carbonyl (C=O) groups excluding carboxylic acids is 1. The van der Waals surface area contributed by atoms with Crippen LogP contribution in [0.25, 0.3) is 0 Å². The first kappa shape index (κ1) is 17.9. The summed E-state index contributed by atoms with van der Waals surface area (Å²) < 4.78 is 5.51. The molecule has 0 radical (unpaired) electrons. The van der Waals surface area contributed by atoms with Crippen LogP contribution in [0, 0.1) is 0 Å². The van der Waals surface area contributed by atoms with Gasteiger partial charge in [-0.25, -0.2) is 4.79 Å². The summed E-state index contributed by atoms with van der Waals surface area (Å²) in [5, 5.41) is 4.55. The maximum atomic E-state index is 12.3. The van der Waals surface area contributed by atoms with Crippen LogP contribution in [0.2, 0.25) is 0 Å². The molecule has 2 heterocycles. The minimum absolute atomic E-state index is 0.167. The Hall–Kier alpha value is -0.420. The Morgan fingerprint density at radius 1 is 1.27 bits per heavy atom. The highest BCUT2D eigenvalue weighted by Gasteiger charge is 2.33. The Balaban J connectivity index is 1.83. The summed E-state index contributed by atoms with van der Waals surface area (Å²) >= 11 is 2.08. The molecule has 2 fully saturated rings. The fourth-order valence-electron chi connectivity index (χ4n) is 3.36. The van der Waals surface area contributed by atoms with Crippen molar-refractivity contribution in [1.29, 1.82) is 0 Å². The molecule has 0 spiro atoms. The molecular weight excluding hydrogens is 296 g/mol. The van der Waals surface area contributed by atoms with Crippen LogP contribution >= 0.6 is 11.8 Å². The molecular formula is C17H32N2O2S. The van der Waals surface area contributed by atoms with E-state index in [2.05, 4.69) is 30.9 Å². The van der Waals surface area contributed by atoms with Gasteiger partial charge in [-0.1, -0.05) is 6.92 Å². The van der Waals surface area contributed by atoms with Crippen molar-refractivity contribution in [3.8, 4) is 0 Å². The van der Waals surface area contributed by atoms with Crippen LogP contribution in [0.4, 0.5) is 4.79 Å². The predicted molar refractivity (Wildman–Crippen MR) is 93.5 cm³/mol. The van der Waals surface area contributed by atoms with E-state index in [0.29, 0.717) is 17.3 Å². The van der Waals surface area contributed by atoms with E-state index in [1.807, 2.05) is 25.7 Å². The third-order valence-corrected chi connectivity index (χ3v) is 5.94. The van der Waals surface area contributed by atoms with E-state index in [4.69, 9.17) is 4.74 Å². The van der Waals surface area contributed by atoms with Crippen LogP contribution in [-0.4, -0.2) is 52.3 Å². The average Bonchev–Trinajstić information content (AvgIpc) is 2.39. The molecule has 0 aromatic rings. The quantitative estimate of drug-likeness (QED) is 0.840. The fraction of sp³-hybridized carbons (Fsp3) is 0.941. The Morgan fingerprint density at radius 2 is 2.00 bits per heavy atom. The lowest BCUT2D eigenvalue weighted by atomic mass is 9.96. The molecule has 0 saturated carbocycles. The highest BCUT2D eigenvalue weighted by atomic mass is 32.2. The zero-order chi connectivity index (χ0) is 16.3. The lowest BCUT2D eigenvalue weighted by molar-refractivity contribution is 0.00894. The van der Waals surface area contributed by atoms with Gasteiger partial charge in [0.05, 0.1) is 0 Å². The fourth-order valence-corrected chi connectivity index (χ4v) is 4.51. The van der Waals surface area contributed by atoms with Crippen LogP contribution in [0.15, 0.2) is 0 Å². The molecule has 0 aromatic heterocycles. The molecule has 1 amide bonds. The third kappa shape index (κ3) is 5.05. The van der Waals surface area contributed by atoms with E-state index in [0.717, 1.165) is 19.4 Å². The maximum Gasteiger partial charge on any atom is 0.410 e. The summed E-state index contributed by atoms with van der Waals surface area (Å²) in [5.74, 6) is 1.30. The first-order valence-electron chi connectivity index (χ1n) is 8.63. The highest BCUT2D eigenvalue weighted by molar-refractivity contribution is 7.99. The van der Waals surface area contributed by atoms with Crippen molar-refractivity contribution in [3.05, 3.63) is 0 Å². The first-order chi connectivity index (χ1) is 10.3. The molecule has 5 heteroatoms. The zero-order valence-corrected chi connectivity index (χ0v) is 15.5. The van der Waals surface area contributed by atoms with Gasteiger partial charge in [-0.15, -0.1) is 0 Å². The summed E-state index contributed by atoms with van der Waals surface area (Å²) in [6.07, 6.45) is 4.48. The van der Waals surface area contributed by atoms with Crippen LogP contribution < -0.4 is 5.32 Å². The second kappa shape index (κ2) is 7.43. The van der Waals surface area contributed by atoms with Gasteiger partial charge in [0.1, 0.15) is 5.60 Å². The first-order valence-corrected chi connectivity index (χ1v) is 9.68. The predicted octanol–water partition coefficient (Wildman–Crippen LogP) is 3.65. The number of hydrogen-bond donors (Lipinski definition) is 1. The summed E-state index contributed by atoms with van der Waals surface area (Å²) in [6, 6.07) is 1.40. The minimum atomic E-state index is -0.416. The van der Waals surface area contributed by atoms with Crippen molar-refractivity contribution in [2.75, 3.05) is 12.3 Å². The number of amides is 1. The maximum absolute atomic E-state index is 12.3. The second-order valence-electron chi connectivity index (χ2n) is 7.74. The monoisotopic (exact) mass is 328 g/mol. The Labute approximate surface area is 139 Å². The normalized spacial score (nSPS) is 33.6. The zero-order valence-electron chi connectivity index (χ0n) is 14.7. The number of thioether (sulfide) groups is 1. The standard InChI is InChI=1S/C17H32N2O2S/c1-12-11-14(18-15-7-6-10-22-13(15)2)8-9-19(12)16(20)21-17(3,4)5/h12-15,18H,6-11H2,1-5H3. The SMILES string of the molecule is CC1SCCCC1NC1CCN(C(=O)OC(C)(C)C)C(C)C1. The molecule has 4 atom stereocenters. The van der Waals surface area contributed by atoms with E-state index in [1.54, 1.807) is 0 Å². The van der Waals surface area contributed by atoms with Gasteiger partial charge in [0.15, 0.2) is 0 Å². The molecule has 2 rings (SSSR count). The van der Waals surface area contributed by atoms with Gasteiger partial charge in [0.2, 0.25) is 0 Å². The molecule has 0 aromatic carbocycles. The number of hydrogen-bond acceptors (Lipinski definition) is 4. The molecule has 128 valence electrons. The minimum Gasteiger partial charge on any atom is -0.444 e. The van der Waals surface area contributed by atoms with E-state index < -0.39 is 5.60 Å². The summed E-state index contributed by atoms with van der Waals surface area (Å²) in [7, 11) is 0. The van der Waals surface area contributed by atoms with Crippen LogP contribution in [0.3, 0.4) is 0 Å². The van der Waals surface area contributed by atoms with E-state index in [-0.39, 0.29) is 12.1 Å². The number of rotatable bonds is 2. The van der Waals surface area contributed by atoms with Gasteiger partial charge < -0.3 is 15.0 Å². The van der Waals surface area contributed by atoms with Crippen LogP contribution in [0.1, 0.15) is 60.3 Å². The number of carbonyl (C=O) groups is 1. The van der Waals surface area contributed by atoms with Gasteiger partial charge in [-0.2, -0.15) is 11.8 Å². The number of piperidine rings is 1. The van der Waals surface area contributed by atoms with Crippen molar-refractivity contribution in [2.24, 2.45) is 0 Å². The summed E-state index contributed by atoms with van der Waals surface area (Å²) in [4.78, 5) is 14.1. The molecule has 0 aliphatic carbocycles. The molecule has 2 saturated heterocycles. The van der Waals surface area contributed by atoms with Crippen LogP contribution in [0.5, 0.6) is 0 Å². The lowest BCUT2D eigenvalue weighted by Gasteiger charge is -2.41. The Kier molecular flexibility index (Phi) is 6.06. The lowest BCUT2D eigenvalue weighted by Crippen LogP contribution is -2.54. The van der Waals surface area contributed by atoms with Crippen LogP contribution in [-0.2, 0) is 4.74 Å². The van der Waals surface area contributed by atoms with Gasteiger partial charge in [-0.3, -0.25) is 0 Å². The van der Waals surface area contributed by atoms with E-state index >= 15 is 0 Å². The van der Waals surface area contributed by atoms with E-state index in [1.165, 1.54) is 18.6 Å². The Morgan fingerprint density at radius 3 is 2.59 bits per heavy atom. The topological polar surface area (TPSA) is 41.6 Å². The van der Waals surface area contributed by atoms with Gasteiger partial charge in [0.25, 0.3) is 0 Å². The van der Waals surface area contributed by atoms with Crippen molar-refractivity contribution in [1.82, 2.24) is 10.2 Å². The van der Waals surface area contributed by atoms with Crippen molar-refractivity contribution in [3.63, 3.8) is 0 Å². The number of likely N-dealkylation sites (tertiary alicyclic amines) is 1. The molecule has 4 nitrogen and oxygen atoms in total. The smallest absolute Gasteiger partial charge is 0.410 e. The second-order valence-corrected chi connectivity index (χ2v) is 9.22. The van der Waals surface area contributed by atoms with Gasteiger partial charge >= 0.3 is 6.09 Å². The number of nitrogens with zero attached hydrogens (tertiary/aromatic N) is 1. The number of ether oxygens (including phenoxy) is 1. The molecule has 2 aliphatic rings.